The van der Waals surface area contributed by atoms with Crippen LogP contribution in [0.4, 0.5) is 5.82 Å². The van der Waals surface area contributed by atoms with Crippen molar-refractivity contribution in [1.82, 2.24) is 14.5 Å². The molecule has 0 bridgehead atoms. The van der Waals surface area contributed by atoms with Gasteiger partial charge in [0.1, 0.15) is 16.8 Å². The van der Waals surface area contributed by atoms with Crippen LogP contribution in [0.25, 0.3) is 0 Å². The molecule has 98 valence electrons. The normalized spacial score (nSPS) is 10.2. The van der Waals surface area contributed by atoms with Crippen molar-refractivity contribution >= 4 is 33.6 Å². The highest BCUT2D eigenvalue weighted by Gasteiger charge is 2.12. The third-order valence-electron chi connectivity index (χ3n) is 2.25. The molecule has 2 rings (SSSR count). The number of nitrogens with one attached hydrogen (secondary N) is 1. The minimum atomic E-state index is -1.08. The summed E-state index contributed by atoms with van der Waals surface area (Å²) in [6.07, 6.45) is 4.37. The van der Waals surface area contributed by atoms with Crippen molar-refractivity contribution in [3.05, 3.63) is 41.0 Å². The van der Waals surface area contributed by atoms with Crippen molar-refractivity contribution in [2.24, 2.45) is 0 Å². The Balaban J connectivity index is 2.03. The fourth-order valence-electron chi connectivity index (χ4n) is 1.46. The van der Waals surface area contributed by atoms with E-state index in [-0.39, 0.29) is 18.1 Å². The second-order valence-electron chi connectivity index (χ2n) is 3.60. The van der Waals surface area contributed by atoms with E-state index in [4.69, 9.17) is 5.11 Å². The second kappa shape index (κ2) is 5.61. The zero-order valence-electron chi connectivity index (χ0n) is 9.58. The number of hydrogen-bond acceptors (Lipinski definition) is 4. The predicted octanol–water partition coefficient (Wildman–Crippen LogP) is 1.38. The molecule has 0 spiro atoms. The SMILES string of the molecule is O=C(Cn1cccc1C(=O)O)Nc1cnc(Br)cn1. The number of aromatic nitrogens is 3. The summed E-state index contributed by atoms with van der Waals surface area (Å²) in [5, 5.41) is 11.4. The molecule has 2 aromatic rings. The molecule has 0 radical (unpaired) electrons. The number of carboxylic acids is 1. The topological polar surface area (TPSA) is 97.1 Å². The number of anilines is 1. The first-order chi connectivity index (χ1) is 9.06. The first-order valence-electron chi connectivity index (χ1n) is 5.22. The van der Waals surface area contributed by atoms with Gasteiger partial charge in [-0.1, -0.05) is 0 Å². The Morgan fingerprint density at radius 1 is 1.37 bits per heavy atom. The van der Waals surface area contributed by atoms with Crippen LogP contribution in [0.3, 0.4) is 0 Å². The molecule has 8 heteroatoms. The lowest BCUT2D eigenvalue weighted by molar-refractivity contribution is -0.116. The number of nitrogens with zero attached hydrogens (tertiary/aromatic N) is 3. The summed E-state index contributed by atoms with van der Waals surface area (Å²) in [5.74, 6) is -1.16. The Labute approximate surface area is 116 Å². The Morgan fingerprint density at radius 2 is 2.16 bits per heavy atom. The summed E-state index contributed by atoms with van der Waals surface area (Å²) in [6.45, 7) is -0.105. The number of hydrogen-bond donors (Lipinski definition) is 2. The zero-order valence-corrected chi connectivity index (χ0v) is 11.2. The molecule has 2 N–H and O–H groups in total. The van der Waals surface area contributed by atoms with Gasteiger partial charge in [-0.15, -0.1) is 0 Å². The largest absolute Gasteiger partial charge is 0.477 e. The molecule has 0 atom stereocenters. The third-order valence-corrected chi connectivity index (χ3v) is 2.66. The molecule has 7 nitrogen and oxygen atoms in total. The van der Waals surface area contributed by atoms with Gasteiger partial charge in [0.05, 0.1) is 12.4 Å². The van der Waals surface area contributed by atoms with Gasteiger partial charge in [-0.3, -0.25) is 4.79 Å². The Kier molecular flexibility index (Phi) is 3.91. The van der Waals surface area contributed by atoms with Gasteiger partial charge in [-0.2, -0.15) is 0 Å². The monoisotopic (exact) mass is 324 g/mol. The van der Waals surface area contributed by atoms with Crippen LogP contribution >= 0.6 is 15.9 Å². The number of carboxylic acid groups (broad SMARTS) is 1. The molecule has 0 aliphatic heterocycles. The molecule has 0 aliphatic rings. The van der Waals surface area contributed by atoms with Gasteiger partial charge in [0.15, 0.2) is 5.82 Å². The van der Waals surface area contributed by atoms with Crippen LogP contribution in [0.15, 0.2) is 35.3 Å². The van der Waals surface area contributed by atoms with Crippen molar-refractivity contribution in [1.29, 1.82) is 0 Å². The van der Waals surface area contributed by atoms with Crippen molar-refractivity contribution < 1.29 is 14.7 Å². The van der Waals surface area contributed by atoms with Gasteiger partial charge < -0.3 is 15.0 Å². The van der Waals surface area contributed by atoms with Crippen LogP contribution in [0.2, 0.25) is 0 Å². The number of halogens is 1. The van der Waals surface area contributed by atoms with Crippen LogP contribution in [-0.4, -0.2) is 31.5 Å². The van der Waals surface area contributed by atoms with Gasteiger partial charge in [-0.05, 0) is 28.1 Å². The van der Waals surface area contributed by atoms with Crippen molar-refractivity contribution in [3.63, 3.8) is 0 Å². The van der Waals surface area contributed by atoms with Crippen LogP contribution in [0, 0.1) is 0 Å². The van der Waals surface area contributed by atoms with Crippen molar-refractivity contribution in [2.75, 3.05) is 5.32 Å². The van der Waals surface area contributed by atoms with E-state index < -0.39 is 5.97 Å². The number of carbonyl (C=O) groups is 2. The average Bonchev–Trinajstić information content (AvgIpc) is 2.80. The van der Waals surface area contributed by atoms with Crippen molar-refractivity contribution in [2.45, 2.75) is 6.54 Å². The van der Waals surface area contributed by atoms with Crippen LogP contribution in [0.5, 0.6) is 0 Å². The number of amides is 1. The van der Waals surface area contributed by atoms with E-state index in [1.165, 1.54) is 29.2 Å². The maximum absolute atomic E-state index is 11.7. The maximum Gasteiger partial charge on any atom is 0.352 e. The highest BCUT2D eigenvalue weighted by Crippen LogP contribution is 2.07. The van der Waals surface area contributed by atoms with E-state index in [2.05, 4.69) is 31.2 Å². The molecular weight excluding hydrogens is 316 g/mol. The minimum absolute atomic E-state index is 0.0528. The number of carbonyl (C=O) groups excluding carboxylic acids is 1. The molecular formula is C11H9BrN4O3. The van der Waals surface area contributed by atoms with E-state index in [9.17, 15) is 9.59 Å². The molecule has 0 aliphatic carbocycles. The Bertz CT molecular complexity index is 609. The Morgan fingerprint density at radius 3 is 2.79 bits per heavy atom. The number of aromatic carboxylic acids is 1. The lowest BCUT2D eigenvalue weighted by Gasteiger charge is -2.07. The van der Waals surface area contributed by atoms with Gasteiger partial charge >= 0.3 is 5.97 Å². The molecule has 2 aromatic heterocycles. The van der Waals surface area contributed by atoms with Crippen LogP contribution in [0.1, 0.15) is 10.5 Å². The lowest BCUT2D eigenvalue weighted by Crippen LogP contribution is -2.21. The lowest BCUT2D eigenvalue weighted by atomic mass is 10.4. The highest BCUT2D eigenvalue weighted by atomic mass is 79.9. The molecule has 2 heterocycles. The van der Waals surface area contributed by atoms with E-state index in [1.54, 1.807) is 6.07 Å². The van der Waals surface area contributed by atoms with E-state index in [0.29, 0.717) is 10.4 Å². The van der Waals surface area contributed by atoms with Gasteiger partial charge in [-0.25, -0.2) is 14.8 Å². The second-order valence-corrected chi connectivity index (χ2v) is 4.41. The highest BCUT2D eigenvalue weighted by molar-refractivity contribution is 9.10. The summed E-state index contributed by atoms with van der Waals surface area (Å²) in [6, 6.07) is 2.99. The quantitative estimate of drug-likeness (QED) is 0.885. The summed E-state index contributed by atoms with van der Waals surface area (Å²) >= 11 is 3.13. The molecule has 0 aromatic carbocycles. The summed E-state index contributed by atoms with van der Waals surface area (Å²) < 4.78 is 1.90. The summed E-state index contributed by atoms with van der Waals surface area (Å²) in [4.78, 5) is 30.5. The van der Waals surface area contributed by atoms with Gasteiger partial charge in [0.2, 0.25) is 5.91 Å². The molecule has 1 amide bonds. The Hall–Kier alpha value is -2.22. The van der Waals surface area contributed by atoms with E-state index >= 15 is 0 Å². The van der Waals surface area contributed by atoms with Gasteiger partial charge in [0, 0.05) is 6.20 Å². The molecule has 0 saturated heterocycles. The van der Waals surface area contributed by atoms with Crippen LogP contribution < -0.4 is 5.32 Å². The molecule has 0 saturated carbocycles. The summed E-state index contributed by atoms with van der Waals surface area (Å²) in [7, 11) is 0. The zero-order chi connectivity index (χ0) is 13.8. The summed E-state index contributed by atoms with van der Waals surface area (Å²) in [5.41, 5.74) is 0.0528. The van der Waals surface area contributed by atoms with E-state index in [1.807, 2.05) is 0 Å². The smallest absolute Gasteiger partial charge is 0.352 e. The minimum Gasteiger partial charge on any atom is -0.477 e. The third kappa shape index (κ3) is 3.38. The standard InChI is InChI=1S/C11H9BrN4O3/c12-8-4-14-9(5-13-8)15-10(17)6-16-3-1-2-7(16)11(18)19/h1-5H,6H2,(H,18,19)(H,14,15,17). The fraction of sp³-hybridized carbons (Fsp3) is 0.0909. The van der Waals surface area contributed by atoms with Crippen LogP contribution in [-0.2, 0) is 11.3 Å². The van der Waals surface area contributed by atoms with Gasteiger partial charge in [0.25, 0.3) is 0 Å². The molecule has 0 unspecified atom stereocenters. The molecule has 19 heavy (non-hydrogen) atoms. The average molecular weight is 325 g/mol. The van der Waals surface area contributed by atoms with Crippen molar-refractivity contribution in [3.8, 4) is 0 Å². The number of rotatable bonds is 4. The first-order valence-corrected chi connectivity index (χ1v) is 6.01. The molecule has 0 fully saturated rings. The predicted molar refractivity (Wildman–Crippen MR) is 69.8 cm³/mol. The first kappa shape index (κ1) is 13.2. The van der Waals surface area contributed by atoms with E-state index in [0.717, 1.165) is 0 Å². The maximum atomic E-state index is 11.7. The fourth-order valence-corrected chi connectivity index (χ4v) is 1.66.